The molecule has 1 aliphatic rings. The Morgan fingerprint density at radius 1 is 1.39 bits per heavy atom. The number of nitro groups is 1. The maximum Gasteiger partial charge on any atom is 0.327 e. The predicted octanol–water partition coefficient (Wildman–Crippen LogP) is 3.03. The highest BCUT2D eigenvalue weighted by Gasteiger charge is 2.23. The van der Waals surface area contributed by atoms with Gasteiger partial charge in [-0.15, -0.1) is 0 Å². The van der Waals surface area contributed by atoms with Crippen molar-refractivity contribution in [2.45, 2.75) is 38.2 Å². The van der Waals surface area contributed by atoms with Crippen LogP contribution in [-0.4, -0.2) is 30.7 Å². The highest BCUT2D eigenvalue weighted by Crippen LogP contribution is 2.32. The van der Waals surface area contributed by atoms with Crippen molar-refractivity contribution in [1.29, 1.82) is 0 Å². The number of carbonyl (C=O) groups excluding carboxylic acids is 1. The van der Waals surface area contributed by atoms with E-state index in [4.69, 9.17) is 9.47 Å². The second-order valence-corrected chi connectivity index (χ2v) is 5.37. The van der Waals surface area contributed by atoms with Crippen molar-refractivity contribution in [2.24, 2.45) is 0 Å². The van der Waals surface area contributed by atoms with Crippen LogP contribution in [0.2, 0.25) is 0 Å². The lowest BCUT2D eigenvalue weighted by atomic mass is 9.98. The third-order valence-corrected chi connectivity index (χ3v) is 3.73. The molecule has 0 unspecified atom stereocenters. The molecule has 7 nitrogen and oxygen atoms in total. The molecular weight excluding hydrogens is 307 g/mol. The lowest BCUT2D eigenvalue weighted by Gasteiger charge is -2.22. The van der Waals surface area contributed by atoms with Crippen LogP contribution in [0.15, 0.2) is 12.1 Å². The van der Waals surface area contributed by atoms with E-state index in [1.165, 1.54) is 13.2 Å². The van der Waals surface area contributed by atoms with Crippen LogP contribution in [0, 0.1) is 15.9 Å². The Labute approximate surface area is 132 Å². The fourth-order valence-electron chi connectivity index (χ4n) is 2.59. The number of anilines is 1. The van der Waals surface area contributed by atoms with Crippen LogP contribution in [0.4, 0.5) is 15.8 Å². The van der Waals surface area contributed by atoms with Gasteiger partial charge in [0.25, 0.3) is 0 Å². The first-order valence-corrected chi connectivity index (χ1v) is 7.46. The fraction of sp³-hybridized carbons (Fsp3) is 0.533. The molecule has 8 heteroatoms. The molecule has 0 aliphatic heterocycles. The number of esters is 1. The molecule has 126 valence electrons. The Morgan fingerprint density at radius 3 is 2.70 bits per heavy atom. The standard InChI is InChI=1S/C15H19FN2O5/c1-22-11-7-12(16)15(18(20)21)13(8-11)17-9-14(19)23-10-5-3-2-4-6-10/h7-8,10,17H,2-6,9H2,1H3. The summed E-state index contributed by atoms with van der Waals surface area (Å²) in [5.41, 5.74) is -0.844. The molecule has 1 aromatic carbocycles. The Bertz CT molecular complexity index is 587. The second-order valence-electron chi connectivity index (χ2n) is 5.37. The van der Waals surface area contributed by atoms with E-state index in [1.807, 2.05) is 0 Å². The van der Waals surface area contributed by atoms with E-state index in [9.17, 15) is 19.3 Å². The topological polar surface area (TPSA) is 90.7 Å². The van der Waals surface area contributed by atoms with Crippen molar-refractivity contribution >= 4 is 17.3 Å². The summed E-state index contributed by atoms with van der Waals surface area (Å²) in [6.45, 7) is -0.274. The predicted molar refractivity (Wildman–Crippen MR) is 81.1 cm³/mol. The summed E-state index contributed by atoms with van der Waals surface area (Å²) >= 11 is 0. The third kappa shape index (κ3) is 4.54. The minimum absolute atomic E-state index is 0.102. The Balaban J connectivity index is 2.02. The van der Waals surface area contributed by atoms with E-state index < -0.39 is 22.4 Å². The molecule has 0 atom stereocenters. The molecule has 2 rings (SSSR count). The monoisotopic (exact) mass is 326 g/mol. The van der Waals surface area contributed by atoms with Gasteiger partial charge in [-0.2, -0.15) is 4.39 Å². The quantitative estimate of drug-likeness (QED) is 0.491. The second kappa shape index (κ2) is 7.75. The van der Waals surface area contributed by atoms with Crippen LogP contribution in [0.1, 0.15) is 32.1 Å². The molecule has 0 spiro atoms. The van der Waals surface area contributed by atoms with Crippen molar-refractivity contribution in [2.75, 3.05) is 19.0 Å². The summed E-state index contributed by atoms with van der Waals surface area (Å²) in [7, 11) is 1.32. The van der Waals surface area contributed by atoms with E-state index in [1.54, 1.807) is 0 Å². The van der Waals surface area contributed by atoms with Gasteiger partial charge in [-0.1, -0.05) is 6.42 Å². The number of carbonyl (C=O) groups is 1. The number of nitrogens with one attached hydrogen (secondary N) is 1. The number of nitrogens with zero attached hydrogens (tertiary/aromatic N) is 1. The highest BCUT2D eigenvalue weighted by molar-refractivity contribution is 5.77. The molecule has 0 saturated heterocycles. The number of halogens is 1. The minimum atomic E-state index is -1.03. The lowest BCUT2D eigenvalue weighted by molar-refractivity contribution is -0.386. The van der Waals surface area contributed by atoms with Crippen LogP contribution < -0.4 is 10.1 Å². The van der Waals surface area contributed by atoms with Crippen LogP contribution >= 0.6 is 0 Å². The van der Waals surface area contributed by atoms with E-state index in [0.717, 1.165) is 38.2 Å². The van der Waals surface area contributed by atoms with E-state index >= 15 is 0 Å². The zero-order valence-electron chi connectivity index (χ0n) is 12.8. The number of benzene rings is 1. The summed E-state index contributed by atoms with van der Waals surface area (Å²) in [6.07, 6.45) is 4.76. The molecule has 1 saturated carbocycles. The molecule has 1 aliphatic carbocycles. The van der Waals surface area contributed by atoms with Gasteiger partial charge in [0.1, 0.15) is 24.1 Å². The molecule has 0 aromatic heterocycles. The zero-order valence-corrected chi connectivity index (χ0v) is 12.8. The maximum atomic E-state index is 13.8. The van der Waals surface area contributed by atoms with Crippen molar-refractivity contribution in [3.05, 3.63) is 28.1 Å². The molecule has 23 heavy (non-hydrogen) atoms. The SMILES string of the molecule is COc1cc(F)c([N+](=O)[O-])c(NCC(=O)OC2CCCCC2)c1. The smallest absolute Gasteiger partial charge is 0.327 e. The van der Waals surface area contributed by atoms with Crippen molar-refractivity contribution in [1.82, 2.24) is 0 Å². The molecule has 0 amide bonds. The average Bonchev–Trinajstić information content (AvgIpc) is 2.52. The van der Waals surface area contributed by atoms with Crippen molar-refractivity contribution in [3.8, 4) is 5.75 Å². The molecule has 1 fully saturated rings. The minimum Gasteiger partial charge on any atom is -0.497 e. The largest absolute Gasteiger partial charge is 0.497 e. The Hall–Kier alpha value is -2.38. The summed E-state index contributed by atoms with van der Waals surface area (Å²) in [5.74, 6) is -1.43. The third-order valence-electron chi connectivity index (χ3n) is 3.73. The number of hydrogen-bond donors (Lipinski definition) is 1. The van der Waals surface area contributed by atoms with Crippen molar-refractivity contribution < 1.29 is 23.6 Å². The van der Waals surface area contributed by atoms with Gasteiger partial charge >= 0.3 is 11.7 Å². The average molecular weight is 326 g/mol. The molecule has 1 N–H and O–H groups in total. The number of rotatable bonds is 6. The van der Waals surface area contributed by atoms with Gasteiger partial charge in [0.05, 0.1) is 12.0 Å². The maximum absolute atomic E-state index is 13.8. The van der Waals surface area contributed by atoms with Gasteiger partial charge in [-0.25, -0.2) is 0 Å². The van der Waals surface area contributed by atoms with Gasteiger partial charge in [-0.05, 0) is 25.7 Å². The fourth-order valence-corrected chi connectivity index (χ4v) is 2.59. The van der Waals surface area contributed by atoms with E-state index in [-0.39, 0.29) is 24.1 Å². The van der Waals surface area contributed by atoms with Crippen molar-refractivity contribution in [3.63, 3.8) is 0 Å². The van der Waals surface area contributed by atoms with Crippen LogP contribution in [0.25, 0.3) is 0 Å². The first kappa shape index (κ1) is 17.0. The summed E-state index contributed by atoms with van der Waals surface area (Å²) in [5, 5.41) is 13.5. The van der Waals surface area contributed by atoms with Crippen LogP contribution in [-0.2, 0) is 9.53 Å². The first-order valence-electron chi connectivity index (χ1n) is 7.46. The van der Waals surface area contributed by atoms with Crippen LogP contribution in [0.5, 0.6) is 5.75 Å². The Morgan fingerprint density at radius 2 is 2.09 bits per heavy atom. The summed E-state index contributed by atoms with van der Waals surface area (Å²) in [6, 6.07) is 2.19. The van der Waals surface area contributed by atoms with Gasteiger partial charge in [0.15, 0.2) is 0 Å². The Kier molecular flexibility index (Phi) is 5.72. The highest BCUT2D eigenvalue weighted by atomic mass is 19.1. The number of nitro benzene ring substituents is 1. The van der Waals surface area contributed by atoms with Gasteiger partial charge in [0.2, 0.25) is 5.82 Å². The molecule has 0 heterocycles. The number of ether oxygens (including phenoxy) is 2. The molecule has 0 bridgehead atoms. The first-order chi connectivity index (χ1) is 11.0. The zero-order chi connectivity index (χ0) is 16.8. The molecule has 1 aromatic rings. The van der Waals surface area contributed by atoms with Crippen LogP contribution in [0.3, 0.4) is 0 Å². The number of hydrogen-bond acceptors (Lipinski definition) is 6. The summed E-state index contributed by atoms with van der Waals surface area (Å²) in [4.78, 5) is 22.0. The van der Waals surface area contributed by atoms with Gasteiger partial charge < -0.3 is 14.8 Å². The van der Waals surface area contributed by atoms with E-state index in [0.29, 0.717) is 0 Å². The number of methoxy groups -OCH3 is 1. The summed E-state index contributed by atoms with van der Waals surface area (Å²) < 4.78 is 24.0. The van der Waals surface area contributed by atoms with Gasteiger partial charge in [-0.3, -0.25) is 14.9 Å². The molecule has 0 radical (unpaired) electrons. The van der Waals surface area contributed by atoms with Gasteiger partial charge in [0, 0.05) is 12.1 Å². The van der Waals surface area contributed by atoms with E-state index in [2.05, 4.69) is 5.32 Å². The lowest BCUT2D eigenvalue weighted by Crippen LogP contribution is -2.25. The molecular formula is C15H19FN2O5. The normalized spacial score (nSPS) is 15.0.